The highest BCUT2D eigenvalue weighted by molar-refractivity contribution is 5.94. The van der Waals surface area contributed by atoms with Gasteiger partial charge in [-0.3, -0.25) is 9.59 Å². The Hall–Kier alpha value is -2.04. The van der Waals surface area contributed by atoms with Gasteiger partial charge in [0.1, 0.15) is 5.75 Å². The van der Waals surface area contributed by atoms with Crippen molar-refractivity contribution in [2.75, 3.05) is 13.7 Å². The van der Waals surface area contributed by atoms with Crippen molar-refractivity contribution >= 4 is 11.9 Å². The van der Waals surface area contributed by atoms with Gasteiger partial charge < -0.3 is 15.2 Å². The number of carbonyl (C=O) groups excluding carboxylic acids is 1. The number of nitrogens with one attached hydrogen (secondary N) is 1. The van der Waals surface area contributed by atoms with Gasteiger partial charge in [0.2, 0.25) is 0 Å². The maximum absolute atomic E-state index is 12.0. The molecule has 116 valence electrons. The van der Waals surface area contributed by atoms with Crippen LogP contribution in [0.1, 0.15) is 47.2 Å². The molecule has 0 atom stereocenters. The summed E-state index contributed by atoms with van der Waals surface area (Å²) in [6, 6.07) is 3.62. The van der Waals surface area contributed by atoms with Crippen molar-refractivity contribution in [1.29, 1.82) is 0 Å². The van der Waals surface area contributed by atoms with Crippen molar-refractivity contribution in [3.05, 3.63) is 28.8 Å². The first-order chi connectivity index (χ1) is 9.95. The number of amides is 1. The van der Waals surface area contributed by atoms with Crippen LogP contribution in [0.4, 0.5) is 0 Å². The predicted molar refractivity (Wildman–Crippen MR) is 80.9 cm³/mol. The minimum atomic E-state index is -0.775. The summed E-state index contributed by atoms with van der Waals surface area (Å²) in [4.78, 5) is 22.4. The van der Waals surface area contributed by atoms with Crippen LogP contribution in [-0.4, -0.2) is 30.6 Å². The molecular formula is C16H23NO4. The van der Waals surface area contributed by atoms with Gasteiger partial charge in [-0.25, -0.2) is 0 Å². The number of methoxy groups -OCH3 is 1. The third kappa shape index (κ3) is 5.45. The molecule has 5 nitrogen and oxygen atoms in total. The molecule has 0 radical (unpaired) electrons. The smallest absolute Gasteiger partial charge is 0.303 e. The zero-order chi connectivity index (χ0) is 15.8. The highest BCUT2D eigenvalue weighted by Crippen LogP contribution is 2.24. The summed E-state index contributed by atoms with van der Waals surface area (Å²) in [6.07, 6.45) is 2.41. The van der Waals surface area contributed by atoms with Crippen LogP contribution < -0.4 is 10.1 Å². The molecule has 0 saturated carbocycles. The van der Waals surface area contributed by atoms with Crippen LogP contribution in [0.2, 0.25) is 0 Å². The molecular weight excluding hydrogens is 270 g/mol. The first kappa shape index (κ1) is 17.0. The number of hydrogen-bond donors (Lipinski definition) is 2. The van der Waals surface area contributed by atoms with Gasteiger partial charge in [0.15, 0.2) is 0 Å². The lowest BCUT2D eigenvalue weighted by Gasteiger charge is -2.11. The Kier molecular flexibility index (Phi) is 6.72. The predicted octanol–water partition coefficient (Wildman–Crippen LogP) is 2.69. The third-order valence-electron chi connectivity index (χ3n) is 3.28. The van der Waals surface area contributed by atoms with E-state index in [1.54, 1.807) is 7.11 Å². The van der Waals surface area contributed by atoms with Crippen molar-refractivity contribution in [2.45, 2.75) is 39.5 Å². The van der Waals surface area contributed by atoms with E-state index in [0.29, 0.717) is 18.5 Å². The molecule has 0 heterocycles. The van der Waals surface area contributed by atoms with Gasteiger partial charge in [-0.1, -0.05) is 6.42 Å². The molecule has 21 heavy (non-hydrogen) atoms. The number of carboxylic acids is 1. The Labute approximate surface area is 125 Å². The van der Waals surface area contributed by atoms with E-state index in [4.69, 9.17) is 9.84 Å². The summed E-state index contributed by atoms with van der Waals surface area (Å²) >= 11 is 0. The van der Waals surface area contributed by atoms with Gasteiger partial charge in [-0.05, 0) is 49.9 Å². The first-order valence-electron chi connectivity index (χ1n) is 7.11. The fourth-order valence-electron chi connectivity index (χ4n) is 2.29. The molecule has 0 fully saturated rings. The molecule has 0 unspecified atom stereocenters. The van der Waals surface area contributed by atoms with E-state index >= 15 is 0 Å². The van der Waals surface area contributed by atoms with Crippen LogP contribution in [0.15, 0.2) is 12.1 Å². The van der Waals surface area contributed by atoms with Crippen LogP contribution in [-0.2, 0) is 4.79 Å². The monoisotopic (exact) mass is 293 g/mol. The number of carbonyl (C=O) groups is 2. The second kappa shape index (κ2) is 8.29. The zero-order valence-electron chi connectivity index (χ0n) is 12.9. The Morgan fingerprint density at radius 3 is 2.29 bits per heavy atom. The number of hydrogen-bond acceptors (Lipinski definition) is 3. The number of aryl methyl sites for hydroxylation is 2. The molecule has 1 aromatic carbocycles. The van der Waals surface area contributed by atoms with Crippen LogP contribution in [0.5, 0.6) is 5.75 Å². The molecule has 0 aromatic heterocycles. The number of carboxylic acid groups (broad SMARTS) is 1. The second-order valence-electron chi connectivity index (χ2n) is 5.10. The van der Waals surface area contributed by atoms with E-state index in [0.717, 1.165) is 29.7 Å². The number of benzene rings is 1. The third-order valence-corrected chi connectivity index (χ3v) is 3.28. The van der Waals surface area contributed by atoms with Crippen LogP contribution in [0.25, 0.3) is 0 Å². The largest absolute Gasteiger partial charge is 0.496 e. The summed E-state index contributed by atoms with van der Waals surface area (Å²) in [5.41, 5.74) is 2.49. The van der Waals surface area contributed by atoms with E-state index in [1.807, 2.05) is 26.0 Å². The van der Waals surface area contributed by atoms with Crippen LogP contribution >= 0.6 is 0 Å². The standard InChI is InChI=1S/C16H23NO4/c1-11-9-13(10-12(2)15(11)21-3)16(20)17-8-6-4-5-7-14(18)19/h9-10H,4-8H2,1-3H3,(H,17,20)(H,18,19). The average molecular weight is 293 g/mol. The number of ether oxygens (including phenoxy) is 1. The van der Waals surface area contributed by atoms with Crippen LogP contribution in [0.3, 0.4) is 0 Å². The van der Waals surface area contributed by atoms with Crippen molar-refractivity contribution in [3.8, 4) is 5.75 Å². The molecule has 0 spiro atoms. The first-order valence-corrected chi connectivity index (χ1v) is 7.11. The van der Waals surface area contributed by atoms with Gasteiger partial charge in [-0.15, -0.1) is 0 Å². The Bertz CT molecular complexity index is 488. The lowest BCUT2D eigenvalue weighted by atomic mass is 10.1. The average Bonchev–Trinajstić information content (AvgIpc) is 2.41. The van der Waals surface area contributed by atoms with E-state index < -0.39 is 5.97 Å². The maximum Gasteiger partial charge on any atom is 0.303 e. The molecule has 1 rings (SSSR count). The quantitative estimate of drug-likeness (QED) is 0.723. The topological polar surface area (TPSA) is 75.6 Å². The molecule has 0 aliphatic heterocycles. The summed E-state index contributed by atoms with van der Waals surface area (Å²) in [5, 5.41) is 11.4. The van der Waals surface area contributed by atoms with Gasteiger partial charge in [0.05, 0.1) is 7.11 Å². The number of aliphatic carboxylic acids is 1. The maximum atomic E-state index is 12.0. The molecule has 1 amide bonds. The Balaban J connectivity index is 2.44. The van der Waals surface area contributed by atoms with E-state index in [1.165, 1.54) is 0 Å². The van der Waals surface area contributed by atoms with Gasteiger partial charge in [0.25, 0.3) is 5.91 Å². The van der Waals surface area contributed by atoms with Crippen molar-refractivity contribution in [1.82, 2.24) is 5.32 Å². The van der Waals surface area contributed by atoms with Crippen LogP contribution in [0, 0.1) is 13.8 Å². The second-order valence-corrected chi connectivity index (χ2v) is 5.10. The Morgan fingerprint density at radius 1 is 1.14 bits per heavy atom. The summed E-state index contributed by atoms with van der Waals surface area (Å²) in [5.74, 6) is -0.0782. The number of unbranched alkanes of at least 4 members (excludes halogenated alkanes) is 2. The summed E-state index contributed by atoms with van der Waals surface area (Å²) < 4.78 is 5.28. The van der Waals surface area contributed by atoms with E-state index in [-0.39, 0.29) is 12.3 Å². The summed E-state index contributed by atoms with van der Waals surface area (Å²) in [6.45, 7) is 4.38. The summed E-state index contributed by atoms with van der Waals surface area (Å²) in [7, 11) is 1.62. The van der Waals surface area contributed by atoms with Crippen molar-refractivity contribution in [3.63, 3.8) is 0 Å². The SMILES string of the molecule is COc1c(C)cc(C(=O)NCCCCCC(=O)O)cc1C. The van der Waals surface area contributed by atoms with Crippen molar-refractivity contribution < 1.29 is 19.4 Å². The molecule has 1 aromatic rings. The minimum Gasteiger partial charge on any atom is -0.496 e. The highest BCUT2D eigenvalue weighted by Gasteiger charge is 2.10. The molecule has 5 heteroatoms. The fraction of sp³-hybridized carbons (Fsp3) is 0.500. The molecule has 0 aliphatic carbocycles. The number of rotatable bonds is 8. The minimum absolute atomic E-state index is 0.109. The molecule has 0 saturated heterocycles. The lowest BCUT2D eigenvalue weighted by molar-refractivity contribution is -0.137. The lowest BCUT2D eigenvalue weighted by Crippen LogP contribution is -2.24. The zero-order valence-corrected chi connectivity index (χ0v) is 12.9. The molecule has 2 N–H and O–H groups in total. The fourth-order valence-corrected chi connectivity index (χ4v) is 2.29. The van der Waals surface area contributed by atoms with E-state index in [2.05, 4.69) is 5.32 Å². The van der Waals surface area contributed by atoms with Gasteiger partial charge in [-0.2, -0.15) is 0 Å². The van der Waals surface area contributed by atoms with E-state index in [9.17, 15) is 9.59 Å². The highest BCUT2D eigenvalue weighted by atomic mass is 16.5. The molecule has 0 bridgehead atoms. The van der Waals surface area contributed by atoms with Gasteiger partial charge in [0, 0.05) is 18.5 Å². The van der Waals surface area contributed by atoms with Crippen molar-refractivity contribution in [2.24, 2.45) is 0 Å². The van der Waals surface area contributed by atoms with Gasteiger partial charge >= 0.3 is 5.97 Å². The molecule has 0 aliphatic rings. The normalized spacial score (nSPS) is 10.2. The Morgan fingerprint density at radius 2 is 1.76 bits per heavy atom.